The van der Waals surface area contributed by atoms with Crippen molar-refractivity contribution in [1.29, 1.82) is 5.26 Å². The van der Waals surface area contributed by atoms with Crippen molar-refractivity contribution in [2.24, 2.45) is 0 Å². The molecule has 182 valence electrons. The third kappa shape index (κ3) is 6.11. The number of nitriles is 1. The third-order valence-corrected chi connectivity index (χ3v) is 6.52. The Morgan fingerprint density at radius 2 is 1.71 bits per heavy atom. The van der Waals surface area contributed by atoms with E-state index in [-0.39, 0.29) is 24.2 Å². The molecule has 2 aromatic carbocycles. The quantitative estimate of drug-likeness (QED) is 0.413. The average Bonchev–Trinajstić information content (AvgIpc) is 3.24. The van der Waals surface area contributed by atoms with Gasteiger partial charge in [-0.15, -0.1) is 0 Å². The van der Waals surface area contributed by atoms with Crippen LogP contribution in [0.5, 0.6) is 0 Å². The molecule has 0 bridgehead atoms. The van der Waals surface area contributed by atoms with Crippen LogP contribution in [0.15, 0.2) is 30.3 Å². The molecular weight excluding hydrogens is 441 g/mol. The van der Waals surface area contributed by atoms with Crippen LogP contribution in [0.3, 0.4) is 0 Å². The molecule has 34 heavy (non-hydrogen) atoms. The summed E-state index contributed by atoms with van der Waals surface area (Å²) in [7, 11) is 0. The van der Waals surface area contributed by atoms with Crippen LogP contribution in [0.2, 0.25) is 0 Å². The summed E-state index contributed by atoms with van der Waals surface area (Å²) in [5, 5.41) is 19.1. The van der Waals surface area contributed by atoms with Crippen LogP contribution in [-0.2, 0) is 32.1 Å². The smallest absolute Gasteiger partial charge is 0.416 e. The summed E-state index contributed by atoms with van der Waals surface area (Å²) < 4.78 is 39.9. The number of nitrogens with zero attached hydrogens (tertiary/aromatic N) is 2. The highest BCUT2D eigenvalue weighted by Crippen LogP contribution is 2.35. The maximum absolute atomic E-state index is 13.3. The zero-order valence-corrected chi connectivity index (χ0v) is 19.7. The van der Waals surface area contributed by atoms with Gasteiger partial charge in [0.2, 0.25) is 0 Å². The SMILES string of the molecule is CCCC(CCC)c1cc2c(cc1CN(Cc1cc(C#N)cc(C(F)(F)F)c1)C(=O)O)CCC2. The van der Waals surface area contributed by atoms with E-state index in [1.807, 2.05) is 0 Å². The lowest BCUT2D eigenvalue weighted by Gasteiger charge is -2.26. The second-order valence-corrected chi connectivity index (χ2v) is 9.11. The molecule has 0 saturated carbocycles. The Kier molecular flexibility index (Phi) is 8.24. The van der Waals surface area contributed by atoms with Gasteiger partial charge in [-0.05, 0) is 84.0 Å². The first-order valence-electron chi connectivity index (χ1n) is 11.9. The summed E-state index contributed by atoms with van der Waals surface area (Å²) in [6, 6.07) is 9.14. The second-order valence-electron chi connectivity index (χ2n) is 9.11. The lowest BCUT2D eigenvalue weighted by atomic mass is 9.85. The number of amides is 1. The van der Waals surface area contributed by atoms with Crippen molar-refractivity contribution in [2.75, 3.05) is 0 Å². The largest absolute Gasteiger partial charge is 0.465 e. The third-order valence-electron chi connectivity index (χ3n) is 6.52. The van der Waals surface area contributed by atoms with E-state index in [2.05, 4.69) is 26.0 Å². The van der Waals surface area contributed by atoms with Crippen molar-refractivity contribution in [2.45, 2.75) is 84.0 Å². The Morgan fingerprint density at radius 1 is 1.06 bits per heavy atom. The van der Waals surface area contributed by atoms with Gasteiger partial charge in [0.15, 0.2) is 0 Å². The number of alkyl halides is 3. The van der Waals surface area contributed by atoms with E-state index in [1.165, 1.54) is 17.2 Å². The van der Waals surface area contributed by atoms with E-state index in [9.17, 15) is 28.3 Å². The number of rotatable bonds is 9. The van der Waals surface area contributed by atoms with Crippen LogP contribution >= 0.6 is 0 Å². The van der Waals surface area contributed by atoms with E-state index in [0.717, 1.165) is 73.1 Å². The molecule has 1 aliphatic carbocycles. The summed E-state index contributed by atoms with van der Waals surface area (Å²) in [6.45, 7) is 4.15. The van der Waals surface area contributed by atoms with Crippen molar-refractivity contribution in [1.82, 2.24) is 4.90 Å². The molecule has 0 aromatic heterocycles. The molecule has 3 rings (SSSR count). The summed E-state index contributed by atoms with van der Waals surface area (Å²) in [5.74, 6) is 0.324. The van der Waals surface area contributed by atoms with Crippen LogP contribution < -0.4 is 0 Å². The first-order valence-corrected chi connectivity index (χ1v) is 11.9. The topological polar surface area (TPSA) is 64.3 Å². The van der Waals surface area contributed by atoms with Gasteiger partial charge in [-0.3, -0.25) is 4.90 Å². The zero-order valence-electron chi connectivity index (χ0n) is 19.7. The van der Waals surface area contributed by atoms with E-state index in [4.69, 9.17) is 0 Å². The van der Waals surface area contributed by atoms with E-state index >= 15 is 0 Å². The lowest BCUT2D eigenvalue weighted by Crippen LogP contribution is -2.29. The number of halogens is 3. The molecule has 1 N–H and O–H groups in total. The number of aryl methyl sites for hydroxylation is 2. The summed E-state index contributed by atoms with van der Waals surface area (Å²) in [4.78, 5) is 13.3. The highest BCUT2D eigenvalue weighted by molar-refractivity contribution is 5.65. The van der Waals surface area contributed by atoms with Gasteiger partial charge in [-0.2, -0.15) is 18.4 Å². The predicted octanol–water partition coefficient (Wildman–Crippen LogP) is 7.43. The minimum atomic E-state index is -4.61. The number of hydrogen-bond donors (Lipinski definition) is 1. The second kappa shape index (κ2) is 10.9. The molecule has 0 fully saturated rings. The van der Waals surface area contributed by atoms with Gasteiger partial charge in [0.05, 0.1) is 17.2 Å². The number of fused-ring (bicyclic) bond motifs is 1. The van der Waals surface area contributed by atoms with E-state index in [1.54, 1.807) is 6.07 Å². The molecule has 1 amide bonds. The number of carboxylic acid groups (broad SMARTS) is 1. The fourth-order valence-corrected chi connectivity index (χ4v) is 4.99. The highest BCUT2D eigenvalue weighted by atomic mass is 19.4. The molecule has 0 spiro atoms. The van der Waals surface area contributed by atoms with Crippen molar-refractivity contribution >= 4 is 6.09 Å². The maximum atomic E-state index is 13.3. The number of benzene rings is 2. The fraction of sp³-hybridized carbons (Fsp3) is 0.481. The minimum Gasteiger partial charge on any atom is -0.465 e. The van der Waals surface area contributed by atoms with Gasteiger partial charge >= 0.3 is 12.3 Å². The van der Waals surface area contributed by atoms with Crippen LogP contribution in [0.1, 0.15) is 90.8 Å². The maximum Gasteiger partial charge on any atom is 0.416 e. The first-order chi connectivity index (χ1) is 16.2. The minimum absolute atomic E-state index is 0.0972. The monoisotopic (exact) mass is 472 g/mol. The van der Waals surface area contributed by atoms with Crippen molar-refractivity contribution in [3.63, 3.8) is 0 Å². The Morgan fingerprint density at radius 3 is 2.26 bits per heavy atom. The van der Waals surface area contributed by atoms with Gasteiger partial charge in [0.25, 0.3) is 0 Å². The number of hydrogen-bond acceptors (Lipinski definition) is 2. The average molecular weight is 473 g/mol. The lowest BCUT2D eigenvalue weighted by molar-refractivity contribution is -0.137. The molecule has 0 aliphatic heterocycles. The molecule has 7 heteroatoms. The van der Waals surface area contributed by atoms with Gasteiger partial charge in [0.1, 0.15) is 0 Å². The summed E-state index contributed by atoms with van der Waals surface area (Å²) in [5.41, 5.74) is 3.72. The Bertz CT molecular complexity index is 1070. The van der Waals surface area contributed by atoms with Crippen molar-refractivity contribution < 1.29 is 23.1 Å². The molecule has 4 nitrogen and oxygen atoms in total. The van der Waals surface area contributed by atoms with Gasteiger partial charge < -0.3 is 5.11 Å². The van der Waals surface area contributed by atoms with Crippen molar-refractivity contribution in [3.05, 3.63) is 69.3 Å². The Hall–Kier alpha value is -3.01. The normalized spacial score (nSPS) is 13.1. The van der Waals surface area contributed by atoms with Crippen LogP contribution in [0.25, 0.3) is 0 Å². The molecular formula is C27H31F3N2O2. The fourth-order valence-electron chi connectivity index (χ4n) is 4.99. The van der Waals surface area contributed by atoms with Crippen LogP contribution in [-0.4, -0.2) is 16.1 Å². The van der Waals surface area contributed by atoms with E-state index < -0.39 is 17.8 Å². The summed E-state index contributed by atoms with van der Waals surface area (Å²) >= 11 is 0. The molecule has 0 saturated heterocycles. The van der Waals surface area contributed by atoms with Crippen LogP contribution in [0, 0.1) is 11.3 Å². The molecule has 0 atom stereocenters. The molecule has 0 heterocycles. The molecule has 0 radical (unpaired) electrons. The first kappa shape index (κ1) is 25.6. The van der Waals surface area contributed by atoms with Crippen LogP contribution in [0.4, 0.5) is 18.0 Å². The van der Waals surface area contributed by atoms with Gasteiger partial charge in [-0.25, -0.2) is 4.79 Å². The number of carbonyl (C=O) groups is 1. The highest BCUT2D eigenvalue weighted by Gasteiger charge is 2.31. The van der Waals surface area contributed by atoms with Gasteiger partial charge in [-0.1, -0.05) is 38.8 Å². The Balaban J connectivity index is 1.98. The molecule has 0 unspecified atom stereocenters. The predicted molar refractivity (Wildman–Crippen MR) is 124 cm³/mol. The van der Waals surface area contributed by atoms with Crippen molar-refractivity contribution in [3.8, 4) is 6.07 Å². The summed E-state index contributed by atoms with van der Waals surface area (Å²) in [6.07, 6.45) is 1.29. The molecule has 1 aliphatic rings. The Labute approximate surface area is 199 Å². The standard InChI is InChI=1S/C27H31F3N2O2/c1-3-6-20(7-4-2)25-14-22-9-5-8-21(22)13-23(25)17-32(26(33)34)16-19-10-18(15-31)11-24(12-19)27(28,29)30/h10-14,20H,3-9,16-17H2,1-2H3,(H,33,34). The molecule has 2 aromatic rings. The van der Waals surface area contributed by atoms with Gasteiger partial charge in [0, 0.05) is 13.1 Å². The zero-order chi connectivity index (χ0) is 24.9. The van der Waals surface area contributed by atoms with E-state index in [0.29, 0.717) is 5.92 Å².